The normalized spacial score (nSPS) is 12.6. The van der Waals surface area contributed by atoms with E-state index in [9.17, 15) is 4.39 Å². The van der Waals surface area contributed by atoms with E-state index in [4.69, 9.17) is 0 Å². The number of halogens is 1. The quantitative estimate of drug-likeness (QED) is 0.270. The topological polar surface area (TPSA) is 57.4 Å². The van der Waals surface area contributed by atoms with Crippen LogP contribution in [0.15, 0.2) is 85.1 Å². The fourth-order valence-electron chi connectivity index (χ4n) is 4.54. The largest absolute Gasteiger partial charge is 0.353 e. The van der Waals surface area contributed by atoms with Crippen molar-refractivity contribution in [1.82, 2.24) is 20.2 Å². The van der Waals surface area contributed by atoms with Gasteiger partial charge in [-0.3, -0.25) is 10.1 Å². The van der Waals surface area contributed by atoms with Gasteiger partial charge in [0.15, 0.2) is 0 Å². The molecule has 0 spiro atoms. The Labute approximate surface area is 197 Å². The monoisotopic (exact) mass is 448 g/mol. The molecule has 3 heterocycles. The van der Waals surface area contributed by atoms with Crippen molar-refractivity contribution in [3.8, 4) is 22.5 Å². The van der Waals surface area contributed by atoms with Gasteiger partial charge in [0, 0.05) is 16.3 Å². The molecule has 5 heteroatoms. The lowest BCUT2D eigenvalue weighted by Crippen LogP contribution is -1.91. The van der Waals surface area contributed by atoms with Crippen LogP contribution in [0.1, 0.15) is 25.1 Å². The van der Waals surface area contributed by atoms with E-state index in [1.807, 2.05) is 57.3 Å². The van der Waals surface area contributed by atoms with Gasteiger partial charge in [0.2, 0.25) is 0 Å². The SMILES string of the molecule is C=C/C=C(C)\C(=C/C)c1cc2c(-c3cc4c(-c5cc(C)cc(F)c5)cccc4[nH]3)n[nH]c2cn1. The molecule has 0 aliphatic heterocycles. The second-order valence-electron chi connectivity index (χ2n) is 8.44. The molecule has 34 heavy (non-hydrogen) atoms. The average Bonchev–Trinajstić information content (AvgIpc) is 3.42. The Balaban J connectivity index is 1.66. The predicted octanol–water partition coefficient (Wildman–Crippen LogP) is 7.76. The molecule has 0 atom stereocenters. The van der Waals surface area contributed by atoms with E-state index < -0.39 is 0 Å². The molecule has 0 aliphatic carbocycles. The van der Waals surface area contributed by atoms with E-state index in [0.717, 1.165) is 66.7 Å². The van der Waals surface area contributed by atoms with Crippen LogP contribution < -0.4 is 0 Å². The molecule has 2 aromatic carbocycles. The van der Waals surface area contributed by atoms with Crippen molar-refractivity contribution < 1.29 is 4.39 Å². The van der Waals surface area contributed by atoms with Crippen LogP contribution in [0, 0.1) is 12.7 Å². The van der Waals surface area contributed by atoms with Crippen LogP contribution in [0.4, 0.5) is 4.39 Å². The first-order chi connectivity index (χ1) is 16.5. The van der Waals surface area contributed by atoms with Crippen LogP contribution in [0.5, 0.6) is 0 Å². The highest BCUT2D eigenvalue weighted by Gasteiger charge is 2.16. The number of H-pyrrole nitrogens is 2. The van der Waals surface area contributed by atoms with Crippen LogP contribution in [0.3, 0.4) is 0 Å². The zero-order valence-corrected chi connectivity index (χ0v) is 19.4. The van der Waals surface area contributed by atoms with Gasteiger partial charge >= 0.3 is 0 Å². The van der Waals surface area contributed by atoms with Gasteiger partial charge < -0.3 is 4.98 Å². The lowest BCUT2D eigenvalue weighted by atomic mass is 9.99. The number of aromatic nitrogens is 4. The average molecular weight is 449 g/mol. The van der Waals surface area contributed by atoms with E-state index in [1.54, 1.807) is 18.2 Å². The Bertz CT molecular complexity index is 1590. The van der Waals surface area contributed by atoms with E-state index in [2.05, 4.69) is 45.0 Å². The molecule has 5 aromatic rings. The smallest absolute Gasteiger partial charge is 0.124 e. The third-order valence-corrected chi connectivity index (χ3v) is 6.08. The summed E-state index contributed by atoms with van der Waals surface area (Å²) >= 11 is 0. The number of hydrogen-bond acceptors (Lipinski definition) is 2. The second kappa shape index (κ2) is 8.60. The first kappa shape index (κ1) is 21.6. The van der Waals surface area contributed by atoms with Gasteiger partial charge in [-0.1, -0.05) is 43.0 Å². The van der Waals surface area contributed by atoms with Gasteiger partial charge in [0.05, 0.1) is 23.1 Å². The van der Waals surface area contributed by atoms with Crippen molar-refractivity contribution in [2.24, 2.45) is 0 Å². The summed E-state index contributed by atoms with van der Waals surface area (Å²) in [7, 11) is 0. The van der Waals surface area contributed by atoms with Crippen LogP contribution in [-0.4, -0.2) is 20.2 Å². The molecule has 168 valence electrons. The molecule has 0 amide bonds. The van der Waals surface area contributed by atoms with E-state index in [1.165, 1.54) is 0 Å². The molecule has 0 saturated carbocycles. The molecule has 2 N–H and O–H groups in total. The van der Waals surface area contributed by atoms with Gasteiger partial charge in [0.1, 0.15) is 11.5 Å². The summed E-state index contributed by atoms with van der Waals surface area (Å²) in [4.78, 5) is 8.14. The van der Waals surface area contributed by atoms with Crippen LogP contribution in [-0.2, 0) is 0 Å². The third kappa shape index (κ3) is 3.75. The van der Waals surface area contributed by atoms with E-state index in [-0.39, 0.29) is 5.82 Å². The van der Waals surface area contributed by atoms with E-state index in [0.29, 0.717) is 0 Å². The highest BCUT2D eigenvalue weighted by atomic mass is 19.1. The molecule has 3 aromatic heterocycles. The molecule has 0 fully saturated rings. The maximum absolute atomic E-state index is 14.1. The summed E-state index contributed by atoms with van der Waals surface area (Å²) in [5.41, 5.74) is 9.28. The number of rotatable bonds is 5. The Morgan fingerprint density at radius 3 is 2.68 bits per heavy atom. The lowest BCUT2D eigenvalue weighted by molar-refractivity contribution is 0.627. The second-order valence-corrected chi connectivity index (χ2v) is 8.44. The number of nitrogens with one attached hydrogen (secondary N) is 2. The first-order valence-electron chi connectivity index (χ1n) is 11.2. The Morgan fingerprint density at radius 2 is 1.91 bits per heavy atom. The van der Waals surface area contributed by atoms with Gasteiger partial charge in [0.25, 0.3) is 0 Å². The minimum Gasteiger partial charge on any atom is -0.353 e. The molecule has 0 radical (unpaired) electrons. The Kier molecular flexibility index (Phi) is 5.46. The molecular weight excluding hydrogens is 423 g/mol. The standard InChI is InChI=1S/C29H25FN4/c1-5-8-18(4)21(6-2)26-15-24-28(16-31-26)33-34-29(24)27-14-23-22(9-7-10-25(23)32-27)19-11-17(3)12-20(30)13-19/h5-16,32H,1H2,2-4H3,(H,33,34)/b18-8-,21-6+. The third-order valence-electron chi connectivity index (χ3n) is 6.08. The number of benzene rings is 2. The fourth-order valence-corrected chi connectivity index (χ4v) is 4.54. The number of nitrogens with zero attached hydrogens (tertiary/aromatic N) is 2. The molecule has 0 aliphatic rings. The highest BCUT2D eigenvalue weighted by Crippen LogP contribution is 2.35. The fraction of sp³-hybridized carbons (Fsp3) is 0.103. The van der Waals surface area contributed by atoms with Crippen molar-refractivity contribution in [1.29, 1.82) is 0 Å². The van der Waals surface area contributed by atoms with Crippen molar-refractivity contribution in [2.45, 2.75) is 20.8 Å². The van der Waals surface area contributed by atoms with Crippen molar-refractivity contribution in [2.75, 3.05) is 0 Å². The summed E-state index contributed by atoms with van der Waals surface area (Å²) in [6, 6.07) is 15.3. The zero-order chi connectivity index (χ0) is 23.8. The number of fused-ring (bicyclic) bond motifs is 2. The maximum atomic E-state index is 14.1. The number of pyridine rings is 1. The van der Waals surface area contributed by atoms with Crippen molar-refractivity contribution >= 4 is 27.4 Å². The van der Waals surface area contributed by atoms with Gasteiger partial charge in [-0.25, -0.2) is 4.39 Å². The Hall–Kier alpha value is -4.25. The summed E-state index contributed by atoms with van der Waals surface area (Å²) in [6.45, 7) is 9.76. The van der Waals surface area contributed by atoms with Crippen molar-refractivity contribution in [3.05, 3.63) is 102 Å². The number of allylic oxidation sites excluding steroid dienone is 5. The van der Waals surface area contributed by atoms with Crippen molar-refractivity contribution in [3.63, 3.8) is 0 Å². The lowest BCUT2D eigenvalue weighted by Gasteiger charge is -2.07. The highest BCUT2D eigenvalue weighted by molar-refractivity contribution is 6.01. The maximum Gasteiger partial charge on any atom is 0.124 e. The van der Waals surface area contributed by atoms with Gasteiger partial charge in [-0.15, -0.1) is 0 Å². The minimum atomic E-state index is -0.235. The van der Waals surface area contributed by atoms with Crippen LogP contribution in [0.2, 0.25) is 0 Å². The summed E-state index contributed by atoms with van der Waals surface area (Å²) in [5, 5.41) is 9.69. The number of hydrogen-bond donors (Lipinski definition) is 2. The molecule has 5 rings (SSSR count). The minimum absolute atomic E-state index is 0.235. The molecule has 0 saturated heterocycles. The van der Waals surface area contributed by atoms with Gasteiger partial charge in [-0.05, 0) is 78.9 Å². The summed E-state index contributed by atoms with van der Waals surface area (Å²) < 4.78 is 14.1. The molecule has 4 nitrogen and oxygen atoms in total. The number of aryl methyl sites for hydroxylation is 1. The van der Waals surface area contributed by atoms with Crippen LogP contribution >= 0.6 is 0 Å². The Morgan fingerprint density at radius 1 is 1.06 bits per heavy atom. The summed E-state index contributed by atoms with van der Waals surface area (Å²) in [6.07, 6.45) is 7.63. The number of aromatic amines is 2. The molecule has 0 bridgehead atoms. The van der Waals surface area contributed by atoms with E-state index >= 15 is 0 Å². The predicted molar refractivity (Wildman–Crippen MR) is 139 cm³/mol. The van der Waals surface area contributed by atoms with Gasteiger partial charge in [-0.2, -0.15) is 5.10 Å². The van der Waals surface area contributed by atoms with Crippen LogP contribution in [0.25, 0.3) is 49.9 Å². The molecule has 0 unspecified atom stereocenters. The summed E-state index contributed by atoms with van der Waals surface area (Å²) in [5.74, 6) is -0.235. The first-order valence-corrected chi connectivity index (χ1v) is 11.2. The zero-order valence-electron chi connectivity index (χ0n) is 19.4. The molecular formula is C29H25FN4.